The molecule has 1 saturated carbocycles. The van der Waals surface area contributed by atoms with Crippen molar-refractivity contribution in [3.63, 3.8) is 0 Å². The predicted octanol–water partition coefficient (Wildman–Crippen LogP) is 3.55. The first-order valence-corrected chi connectivity index (χ1v) is 8.38. The van der Waals surface area contributed by atoms with Crippen LogP contribution in [0.15, 0.2) is 6.07 Å². The monoisotopic (exact) mass is 320 g/mol. The largest absolute Gasteiger partial charge is 0.480 e. The minimum atomic E-state index is -1.23. The molecule has 0 spiro atoms. The second-order valence-electron chi connectivity index (χ2n) is 7.17. The van der Waals surface area contributed by atoms with E-state index in [1.807, 2.05) is 19.9 Å². The third-order valence-electron chi connectivity index (χ3n) is 5.32. The van der Waals surface area contributed by atoms with E-state index in [1.54, 1.807) is 20.9 Å². The van der Waals surface area contributed by atoms with Gasteiger partial charge in [0.2, 0.25) is 0 Å². The summed E-state index contributed by atoms with van der Waals surface area (Å²) in [5.74, 6) is -1.23. The van der Waals surface area contributed by atoms with E-state index >= 15 is 0 Å². The summed E-state index contributed by atoms with van der Waals surface area (Å²) in [6.07, 6.45) is 6.06. The Bertz CT molecular complexity index is 610. The Kier molecular flexibility index (Phi) is 4.87. The number of aryl methyl sites for hydroxylation is 1. The van der Waals surface area contributed by atoms with Crippen LogP contribution in [0.3, 0.4) is 0 Å². The Morgan fingerprint density at radius 3 is 2.30 bits per heavy atom. The lowest BCUT2D eigenvalue weighted by atomic mass is 9.95. The molecule has 23 heavy (non-hydrogen) atoms. The van der Waals surface area contributed by atoms with Gasteiger partial charge >= 0.3 is 5.97 Å². The molecular weight excluding hydrogens is 292 g/mol. The van der Waals surface area contributed by atoms with Crippen molar-refractivity contribution in [1.82, 2.24) is 9.47 Å². The van der Waals surface area contributed by atoms with E-state index in [1.165, 1.54) is 24.2 Å². The average molecular weight is 320 g/mol. The van der Waals surface area contributed by atoms with Crippen LogP contribution in [0.2, 0.25) is 0 Å². The standard InChI is InChI=1S/C18H28N2O3/c1-12-11-15(16(21)19(5)18(3,4)17(22)23)13(2)20(12)14-9-7-6-8-10-14/h11,14H,6-10H2,1-5H3,(H,22,23). The minimum absolute atomic E-state index is 0.229. The van der Waals surface area contributed by atoms with E-state index in [9.17, 15) is 14.7 Å². The number of aliphatic carboxylic acids is 1. The number of carboxylic acids is 1. The van der Waals surface area contributed by atoms with Crippen LogP contribution in [0.25, 0.3) is 0 Å². The highest BCUT2D eigenvalue weighted by Gasteiger charge is 2.36. The molecule has 1 heterocycles. The van der Waals surface area contributed by atoms with E-state index in [-0.39, 0.29) is 5.91 Å². The normalized spacial score (nSPS) is 16.4. The van der Waals surface area contributed by atoms with Crippen LogP contribution in [0.1, 0.15) is 73.7 Å². The van der Waals surface area contributed by atoms with E-state index in [2.05, 4.69) is 4.57 Å². The number of hydrogen-bond donors (Lipinski definition) is 1. The number of amides is 1. The summed E-state index contributed by atoms with van der Waals surface area (Å²) < 4.78 is 2.27. The summed E-state index contributed by atoms with van der Waals surface area (Å²) in [6, 6.07) is 2.36. The lowest BCUT2D eigenvalue weighted by Crippen LogP contribution is -2.50. The molecule has 1 aromatic heterocycles. The van der Waals surface area contributed by atoms with Crippen LogP contribution in [0, 0.1) is 13.8 Å². The maximum atomic E-state index is 12.8. The first-order valence-electron chi connectivity index (χ1n) is 8.38. The number of carboxylic acid groups (broad SMARTS) is 1. The third kappa shape index (κ3) is 3.14. The van der Waals surface area contributed by atoms with Gasteiger partial charge in [-0.3, -0.25) is 4.79 Å². The van der Waals surface area contributed by atoms with Crippen LogP contribution in [-0.2, 0) is 4.79 Å². The topological polar surface area (TPSA) is 62.5 Å². The second-order valence-corrected chi connectivity index (χ2v) is 7.17. The summed E-state index contributed by atoms with van der Waals surface area (Å²) in [7, 11) is 1.56. The first kappa shape index (κ1) is 17.6. The Morgan fingerprint density at radius 1 is 1.22 bits per heavy atom. The van der Waals surface area contributed by atoms with Crippen molar-refractivity contribution in [3.8, 4) is 0 Å². The number of aromatic nitrogens is 1. The van der Waals surface area contributed by atoms with Crippen molar-refractivity contribution in [2.75, 3.05) is 7.05 Å². The van der Waals surface area contributed by atoms with Crippen molar-refractivity contribution < 1.29 is 14.7 Å². The number of carbonyl (C=O) groups is 2. The van der Waals surface area contributed by atoms with E-state index in [0.29, 0.717) is 11.6 Å². The van der Waals surface area contributed by atoms with Gasteiger partial charge in [-0.2, -0.15) is 0 Å². The highest BCUT2D eigenvalue weighted by Crippen LogP contribution is 2.32. The van der Waals surface area contributed by atoms with Crippen LogP contribution in [0.5, 0.6) is 0 Å². The zero-order valence-electron chi connectivity index (χ0n) is 14.8. The number of rotatable bonds is 4. The lowest BCUT2D eigenvalue weighted by molar-refractivity contribution is -0.147. The van der Waals surface area contributed by atoms with Crippen molar-refractivity contribution in [1.29, 1.82) is 0 Å². The smallest absolute Gasteiger partial charge is 0.329 e. The molecule has 1 aliphatic rings. The van der Waals surface area contributed by atoms with Gasteiger partial charge in [0.15, 0.2) is 0 Å². The molecule has 0 unspecified atom stereocenters. The molecule has 0 aliphatic heterocycles. The molecule has 1 N–H and O–H groups in total. The summed E-state index contributed by atoms with van der Waals surface area (Å²) in [5.41, 5.74) is 1.42. The van der Waals surface area contributed by atoms with Gasteiger partial charge in [0.1, 0.15) is 5.54 Å². The lowest BCUT2D eigenvalue weighted by Gasteiger charge is -2.31. The maximum absolute atomic E-state index is 12.8. The fourth-order valence-corrected chi connectivity index (χ4v) is 3.47. The van der Waals surface area contributed by atoms with E-state index < -0.39 is 11.5 Å². The fourth-order valence-electron chi connectivity index (χ4n) is 3.47. The van der Waals surface area contributed by atoms with Crippen molar-refractivity contribution in [2.45, 2.75) is 71.4 Å². The summed E-state index contributed by atoms with van der Waals surface area (Å²) in [5, 5.41) is 9.34. The van der Waals surface area contributed by atoms with Gasteiger partial charge < -0.3 is 14.6 Å². The van der Waals surface area contributed by atoms with Crippen molar-refractivity contribution in [3.05, 3.63) is 23.0 Å². The summed E-state index contributed by atoms with van der Waals surface area (Å²) in [6.45, 7) is 7.10. The Labute approximate surface area is 138 Å². The molecule has 128 valence electrons. The molecular formula is C18H28N2O3. The number of likely N-dealkylation sites (N-methyl/N-ethyl adjacent to an activating group) is 1. The molecule has 1 amide bonds. The molecule has 5 heteroatoms. The van der Waals surface area contributed by atoms with Gasteiger partial charge in [-0.25, -0.2) is 4.79 Å². The van der Waals surface area contributed by atoms with Gasteiger partial charge in [-0.1, -0.05) is 19.3 Å². The minimum Gasteiger partial charge on any atom is -0.480 e. The van der Waals surface area contributed by atoms with Crippen LogP contribution < -0.4 is 0 Å². The molecule has 1 aromatic rings. The zero-order chi connectivity index (χ0) is 17.4. The molecule has 0 aromatic carbocycles. The number of carbonyl (C=O) groups excluding carboxylic acids is 1. The Balaban J connectivity index is 2.34. The van der Waals surface area contributed by atoms with Crippen LogP contribution in [0.4, 0.5) is 0 Å². The molecule has 1 aliphatic carbocycles. The second kappa shape index (κ2) is 6.38. The highest BCUT2D eigenvalue weighted by atomic mass is 16.4. The Morgan fingerprint density at radius 2 is 1.78 bits per heavy atom. The fraction of sp³-hybridized carbons (Fsp3) is 0.667. The predicted molar refractivity (Wildman–Crippen MR) is 89.8 cm³/mol. The van der Waals surface area contributed by atoms with Gasteiger partial charge in [-0.15, -0.1) is 0 Å². The van der Waals surface area contributed by atoms with Crippen molar-refractivity contribution >= 4 is 11.9 Å². The third-order valence-corrected chi connectivity index (χ3v) is 5.32. The maximum Gasteiger partial charge on any atom is 0.329 e. The number of hydrogen-bond acceptors (Lipinski definition) is 2. The number of nitrogens with zero attached hydrogens (tertiary/aromatic N) is 2. The molecule has 0 radical (unpaired) electrons. The van der Waals surface area contributed by atoms with Gasteiger partial charge in [0.05, 0.1) is 5.56 Å². The average Bonchev–Trinajstić information content (AvgIpc) is 2.81. The SMILES string of the molecule is Cc1cc(C(=O)N(C)C(C)(C)C(=O)O)c(C)n1C1CCCCC1. The van der Waals surface area contributed by atoms with Crippen LogP contribution >= 0.6 is 0 Å². The molecule has 0 bridgehead atoms. The van der Waals surface area contributed by atoms with E-state index in [0.717, 1.165) is 24.2 Å². The molecule has 0 atom stereocenters. The van der Waals surface area contributed by atoms with Crippen molar-refractivity contribution in [2.24, 2.45) is 0 Å². The van der Waals surface area contributed by atoms with Gasteiger partial charge in [0.25, 0.3) is 5.91 Å². The molecule has 1 fully saturated rings. The summed E-state index contributed by atoms with van der Waals surface area (Å²) in [4.78, 5) is 25.5. The van der Waals surface area contributed by atoms with E-state index in [4.69, 9.17) is 0 Å². The molecule has 0 saturated heterocycles. The highest BCUT2D eigenvalue weighted by molar-refractivity contribution is 5.98. The zero-order valence-corrected chi connectivity index (χ0v) is 14.8. The van der Waals surface area contributed by atoms with Gasteiger partial charge in [0, 0.05) is 24.5 Å². The van der Waals surface area contributed by atoms with Gasteiger partial charge in [-0.05, 0) is 46.6 Å². The summed E-state index contributed by atoms with van der Waals surface area (Å²) >= 11 is 0. The Hall–Kier alpha value is -1.78. The first-order chi connectivity index (χ1) is 10.7. The molecule has 5 nitrogen and oxygen atoms in total. The quantitative estimate of drug-likeness (QED) is 0.923. The van der Waals surface area contributed by atoms with Crippen LogP contribution in [-0.4, -0.2) is 39.0 Å². The molecule has 2 rings (SSSR count).